The lowest BCUT2D eigenvalue weighted by Gasteiger charge is -2.14. The van der Waals surface area contributed by atoms with Gasteiger partial charge in [0.2, 0.25) is 0 Å². The van der Waals surface area contributed by atoms with Crippen molar-refractivity contribution in [1.82, 2.24) is 10.6 Å². The fraction of sp³-hybridized carbons (Fsp3) is 0.750. The van der Waals surface area contributed by atoms with Crippen molar-refractivity contribution in [2.75, 3.05) is 26.9 Å². The van der Waals surface area contributed by atoms with Crippen LogP contribution in [0.2, 0.25) is 0 Å². The molecule has 1 atom stereocenters. The molecular formula is C12H22N2O6. The summed E-state index contributed by atoms with van der Waals surface area (Å²) < 4.78 is 9.60. The summed E-state index contributed by atoms with van der Waals surface area (Å²) in [7, 11) is 1.15. The van der Waals surface area contributed by atoms with Gasteiger partial charge < -0.3 is 25.2 Å². The van der Waals surface area contributed by atoms with Gasteiger partial charge in [0.15, 0.2) is 0 Å². The molecule has 8 nitrogen and oxygen atoms in total. The van der Waals surface area contributed by atoms with Crippen LogP contribution in [0.3, 0.4) is 0 Å². The average Bonchev–Trinajstić information content (AvgIpc) is 2.36. The van der Waals surface area contributed by atoms with E-state index in [2.05, 4.69) is 15.4 Å². The van der Waals surface area contributed by atoms with Gasteiger partial charge in [-0.05, 0) is 5.92 Å². The number of aliphatic carboxylic acids is 1. The lowest BCUT2D eigenvalue weighted by atomic mass is 10.2. The molecule has 0 spiro atoms. The highest BCUT2D eigenvalue weighted by molar-refractivity contribution is 5.86. The molecule has 8 heteroatoms. The topological polar surface area (TPSA) is 114 Å². The number of methoxy groups -OCH3 is 1. The molecule has 0 heterocycles. The summed E-state index contributed by atoms with van der Waals surface area (Å²) in [6.45, 7) is 5.18. The third kappa shape index (κ3) is 9.15. The number of hydrogen-bond acceptors (Lipinski definition) is 5. The summed E-state index contributed by atoms with van der Waals surface area (Å²) in [5.74, 6) is -1.61. The summed E-state index contributed by atoms with van der Waals surface area (Å²) >= 11 is 0. The van der Waals surface area contributed by atoms with Crippen LogP contribution in [0.1, 0.15) is 20.3 Å². The van der Waals surface area contributed by atoms with E-state index in [-0.39, 0.29) is 6.54 Å². The van der Waals surface area contributed by atoms with Gasteiger partial charge in [-0.15, -0.1) is 0 Å². The number of carbonyl (C=O) groups excluding carboxylic acids is 2. The minimum absolute atomic E-state index is 0.253. The Bertz CT molecular complexity index is 332. The zero-order valence-corrected chi connectivity index (χ0v) is 12.0. The van der Waals surface area contributed by atoms with Crippen LogP contribution < -0.4 is 10.6 Å². The first-order valence-electron chi connectivity index (χ1n) is 6.28. The van der Waals surface area contributed by atoms with Gasteiger partial charge in [-0.1, -0.05) is 13.8 Å². The van der Waals surface area contributed by atoms with E-state index in [0.29, 0.717) is 19.1 Å². The zero-order valence-electron chi connectivity index (χ0n) is 12.0. The minimum atomic E-state index is -1.32. The van der Waals surface area contributed by atoms with E-state index in [4.69, 9.17) is 9.84 Å². The molecule has 116 valence electrons. The number of amides is 2. The Hall–Kier alpha value is -1.83. The smallest absolute Gasteiger partial charge is 0.326 e. The molecule has 2 amide bonds. The van der Waals surface area contributed by atoms with Crippen molar-refractivity contribution in [2.24, 2.45) is 5.92 Å². The summed E-state index contributed by atoms with van der Waals surface area (Å²) in [5, 5.41) is 13.5. The van der Waals surface area contributed by atoms with Crippen molar-refractivity contribution in [3.63, 3.8) is 0 Å². The van der Waals surface area contributed by atoms with Crippen molar-refractivity contribution in [3.8, 4) is 0 Å². The van der Waals surface area contributed by atoms with Gasteiger partial charge in [0.05, 0.1) is 20.1 Å². The minimum Gasteiger partial charge on any atom is -0.480 e. The Morgan fingerprint density at radius 3 is 2.40 bits per heavy atom. The maximum absolute atomic E-state index is 11.4. The molecule has 0 aromatic carbocycles. The van der Waals surface area contributed by atoms with Gasteiger partial charge in [-0.25, -0.2) is 9.59 Å². The normalized spacial score (nSPS) is 11.8. The van der Waals surface area contributed by atoms with Crippen molar-refractivity contribution in [2.45, 2.75) is 26.3 Å². The Balaban J connectivity index is 3.96. The van der Waals surface area contributed by atoms with Crippen LogP contribution in [0, 0.1) is 5.92 Å². The Kier molecular flexibility index (Phi) is 9.10. The molecule has 0 bridgehead atoms. The molecule has 0 saturated heterocycles. The number of esters is 1. The van der Waals surface area contributed by atoms with Crippen molar-refractivity contribution in [3.05, 3.63) is 0 Å². The number of carboxylic acids is 1. The van der Waals surface area contributed by atoms with Gasteiger partial charge in [0.1, 0.15) is 6.04 Å². The largest absolute Gasteiger partial charge is 0.480 e. The maximum atomic E-state index is 11.4. The maximum Gasteiger partial charge on any atom is 0.326 e. The fourth-order valence-corrected chi connectivity index (χ4v) is 1.22. The number of hydrogen-bond donors (Lipinski definition) is 3. The molecule has 0 unspecified atom stereocenters. The van der Waals surface area contributed by atoms with Crippen LogP contribution in [0.25, 0.3) is 0 Å². The molecule has 0 aliphatic heterocycles. The van der Waals surface area contributed by atoms with Crippen LogP contribution in [0.15, 0.2) is 0 Å². The molecule has 0 aliphatic carbocycles. The highest BCUT2D eigenvalue weighted by Gasteiger charge is 2.23. The molecule has 0 radical (unpaired) electrons. The molecule has 20 heavy (non-hydrogen) atoms. The van der Waals surface area contributed by atoms with Crippen molar-refractivity contribution >= 4 is 18.0 Å². The number of carbonyl (C=O) groups is 3. The predicted molar refractivity (Wildman–Crippen MR) is 70.2 cm³/mol. The second-order valence-electron chi connectivity index (χ2n) is 4.54. The lowest BCUT2D eigenvalue weighted by molar-refractivity contribution is -0.147. The van der Waals surface area contributed by atoms with Gasteiger partial charge in [0.25, 0.3) is 0 Å². The highest BCUT2D eigenvalue weighted by atomic mass is 16.5. The van der Waals surface area contributed by atoms with E-state index in [1.54, 1.807) is 0 Å². The molecule has 0 aliphatic rings. The molecule has 0 saturated carbocycles. The molecule has 0 fully saturated rings. The molecule has 0 aromatic heterocycles. The van der Waals surface area contributed by atoms with E-state index in [1.165, 1.54) is 0 Å². The zero-order chi connectivity index (χ0) is 15.5. The third-order valence-electron chi connectivity index (χ3n) is 2.19. The SMILES string of the molecule is COC(=O)C[C@H](NC(=O)NCCOCC(C)C)C(=O)O. The summed E-state index contributed by atoms with van der Waals surface area (Å²) in [4.78, 5) is 33.3. The number of nitrogens with one attached hydrogen (secondary N) is 2. The van der Waals surface area contributed by atoms with Gasteiger partial charge in [-0.3, -0.25) is 4.79 Å². The summed E-state index contributed by atoms with van der Waals surface area (Å²) in [5.41, 5.74) is 0. The lowest BCUT2D eigenvalue weighted by Crippen LogP contribution is -2.47. The Labute approximate surface area is 117 Å². The van der Waals surface area contributed by atoms with Crippen molar-refractivity contribution in [1.29, 1.82) is 0 Å². The first kappa shape index (κ1) is 18.2. The van der Waals surface area contributed by atoms with E-state index in [1.807, 2.05) is 13.8 Å². The van der Waals surface area contributed by atoms with Crippen molar-refractivity contribution < 1.29 is 29.0 Å². The van der Waals surface area contributed by atoms with E-state index < -0.39 is 30.4 Å². The van der Waals surface area contributed by atoms with Gasteiger partial charge >= 0.3 is 18.0 Å². The summed E-state index contributed by atoms with van der Waals surface area (Å²) in [6, 6.07) is -1.99. The molecule has 3 N–H and O–H groups in total. The van der Waals surface area contributed by atoms with Crippen LogP contribution in [0.5, 0.6) is 0 Å². The van der Waals surface area contributed by atoms with Gasteiger partial charge in [0, 0.05) is 13.2 Å². The third-order valence-corrected chi connectivity index (χ3v) is 2.19. The standard InChI is InChI=1S/C12H22N2O6/c1-8(2)7-20-5-4-13-12(18)14-9(11(16)17)6-10(15)19-3/h8-9H,4-7H2,1-3H3,(H,16,17)(H2,13,14,18)/t9-/m0/s1. The quantitative estimate of drug-likeness (QED) is 0.406. The molecule has 0 aromatic rings. The average molecular weight is 290 g/mol. The number of urea groups is 1. The van der Waals surface area contributed by atoms with Crippen LogP contribution in [-0.4, -0.2) is 56.0 Å². The van der Waals surface area contributed by atoms with Crippen LogP contribution >= 0.6 is 0 Å². The Morgan fingerprint density at radius 2 is 1.90 bits per heavy atom. The summed E-state index contributed by atoms with van der Waals surface area (Å²) in [6.07, 6.45) is -0.427. The first-order chi connectivity index (χ1) is 9.36. The number of rotatable bonds is 9. The monoisotopic (exact) mass is 290 g/mol. The first-order valence-corrected chi connectivity index (χ1v) is 6.28. The fourth-order valence-electron chi connectivity index (χ4n) is 1.22. The van der Waals surface area contributed by atoms with Crippen LogP contribution in [0.4, 0.5) is 4.79 Å². The number of carboxylic acid groups (broad SMARTS) is 1. The Morgan fingerprint density at radius 1 is 1.25 bits per heavy atom. The molecular weight excluding hydrogens is 268 g/mol. The van der Waals surface area contributed by atoms with Gasteiger partial charge in [-0.2, -0.15) is 0 Å². The van der Waals surface area contributed by atoms with E-state index in [0.717, 1.165) is 7.11 Å². The second kappa shape index (κ2) is 10.0. The molecule has 0 rings (SSSR count). The van der Waals surface area contributed by atoms with Crippen LogP contribution in [-0.2, 0) is 19.1 Å². The number of ether oxygens (including phenoxy) is 2. The second-order valence-corrected chi connectivity index (χ2v) is 4.54. The van der Waals surface area contributed by atoms with E-state index >= 15 is 0 Å². The van der Waals surface area contributed by atoms with E-state index in [9.17, 15) is 14.4 Å². The highest BCUT2D eigenvalue weighted by Crippen LogP contribution is 1.95. The predicted octanol–water partition coefficient (Wildman–Crippen LogP) is -0.0255.